The van der Waals surface area contributed by atoms with Crippen molar-refractivity contribution in [1.29, 1.82) is 5.26 Å². The molecule has 0 saturated carbocycles. The fourth-order valence-electron chi connectivity index (χ4n) is 1.80. The van der Waals surface area contributed by atoms with Crippen molar-refractivity contribution in [2.75, 3.05) is 5.32 Å². The van der Waals surface area contributed by atoms with E-state index in [9.17, 15) is 13.2 Å². The first kappa shape index (κ1) is 15.2. The van der Waals surface area contributed by atoms with E-state index in [0.717, 1.165) is 12.1 Å². The van der Waals surface area contributed by atoms with Crippen molar-refractivity contribution in [3.63, 3.8) is 0 Å². The smallest absolute Gasteiger partial charge is 0.366 e. The van der Waals surface area contributed by atoms with E-state index in [0.29, 0.717) is 10.7 Å². The Kier molecular flexibility index (Phi) is 4.39. The van der Waals surface area contributed by atoms with Crippen LogP contribution >= 0.6 is 11.6 Å². The third-order valence-corrected chi connectivity index (χ3v) is 3.08. The number of nitriles is 1. The van der Waals surface area contributed by atoms with E-state index in [4.69, 9.17) is 16.9 Å². The van der Waals surface area contributed by atoms with Crippen LogP contribution in [0, 0.1) is 11.3 Å². The molecule has 0 aliphatic heterocycles. The van der Waals surface area contributed by atoms with Gasteiger partial charge in [-0.15, -0.1) is 0 Å². The van der Waals surface area contributed by atoms with Gasteiger partial charge in [-0.2, -0.15) is 18.4 Å². The molecule has 0 aliphatic carbocycles. The molecule has 1 N–H and O–H groups in total. The highest BCUT2D eigenvalue weighted by molar-refractivity contribution is 6.30. The van der Waals surface area contributed by atoms with E-state index >= 15 is 0 Å². The van der Waals surface area contributed by atoms with Crippen LogP contribution in [0.15, 0.2) is 48.5 Å². The molecule has 0 bridgehead atoms. The zero-order valence-electron chi connectivity index (χ0n) is 10.7. The first-order valence-electron chi connectivity index (χ1n) is 5.99. The maximum Gasteiger partial charge on any atom is 0.416 e. The van der Waals surface area contributed by atoms with Gasteiger partial charge in [-0.25, -0.2) is 0 Å². The van der Waals surface area contributed by atoms with Gasteiger partial charge in [0, 0.05) is 10.7 Å². The van der Waals surface area contributed by atoms with Crippen molar-refractivity contribution in [2.45, 2.75) is 12.2 Å². The topological polar surface area (TPSA) is 35.8 Å². The molecule has 2 aromatic carbocycles. The van der Waals surface area contributed by atoms with E-state index in [-0.39, 0.29) is 5.56 Å². The lowest BCUT2D eigenvalue weighted by atomic mass is 10.0. The minimum atomic E-state index is -4.43. The molecule has 1 atom stereocenters. The second kappa shape index (κ2) is 6.06. The van der Waals surface area contributed by atoms with Crippen LogP contribution in [-0.2, 0) is 6.18 Å². The maximum atomic E-state index is 12.7. The molecule has 1 unspecified atom stereocenters. The number of hydrogen-bond acceptors (Lipinski definition) is 2. The predicted octanol–water partition coefficient (Wildman–Crippen LogP) is 5.04. The van der Waals surface area contributed by atoms with Gasteiger partial charge in [0.25, 0.3) is 0 Å². The Morgan fingerprint density at radius 2 is 1.76 bits per heavy atom. The SMILES string of the molecule is N#CC(Nc1ccc(Cl)cc1)c1cccc(C(F)(F)F)c1. The van der Waals surface area contributed by atoms with Gasteiger partial charge in [0.1, 0.15) is 6.04 Å². The van der Waals surface area contributed by atoms with E-state index in [1.54, 1.807) is 24.3 Å². The summed E-state index contributed by atoms with van der Waals surface area (Å²) in [6, 6.07) is 12.3. The van der Waals surface area contributed by atoms with Gasteiger partial charge in [0.2, 0.25) is 0 Å². The molecule has 2 nitrogen and oxygen atoms in total. The minimum absolute atomic E-state index is 0.252. The van der Waals surface area contributed by atoms with Crippen molar-refractivity contribution in [1.82, 2.24) is 0 Å². The number of anilines is 1. The molecule has 2 aromatic rings. The van der Waals surface area contributed by atoms with Crippen LogP contribution in [0.2, 0.25) is 5.02 Å². The summed E-state index contributed by atoms with van der Waals surface area (Å²) in [5, 5.41) is 12.6. The summed E-state index contributed by atoms with van der Waals surface area (Å²) in [6.07, 6.45) is -4.43. The number of benzene rings is 2. The molecular formula is C15H10ClF3N2. The van der Waals surface area contributed by atoms with E-state index in [1.165, 1.54) is 12.1 Å². The van der Waals surface area contributed by atoms with Crippen molar-refractivity contribution in [3.8, 4) is 6.07 Å². The summed E-state index contributed by atoms with van der Waals surface area (Å²) in [5.74, 6) is 0. The molecule has 21 heavy (non-hydrogen) atoms. The van der Waals surface area contributed by atoms with Gasteiger partial charge < -0.3 is 5.32 Å². The highest BCUT2D eigenvalue weighted by atomic mass is 35.5. The Labute approximate surface area is 124 Å². The molecular weight excluding hydrogens is 301 g/mol. The minimum Gasteiger partial charge on any atom is -0.366 e. The number of nitrogens with one attached hydrogen (secondary N) is 1. The van der Waals surface area contributed by atoms with Crippen LogP contribution in [-0.4, -0.2) is 0 Å². The first-order valence-corrected chi connectivity index (χ1v) is 6.37. The Morgan fingerprint density at radius 3 is 2.33 bits per heavy atom. The summed E-state index contributed by atoms with van der Waals surface area (Å²) in [5.41, 5.74) is 0.0730. The lowest BCUT2D eigenvalue weighted by Crippen LogP contribution is -2.11. The molecule has 0 heterocycles. The molecule has 0 fully saturated rings. The van der Waals surface area contributed by atoms with Gasteiger partial charge in [-0.1, -0.05) is 23.7 Å². The second-order valence-electron chi connectivity index (χ2n) is 4.34. The predicted molar refractivity (Wildman–Crippen MR) is 74.9 cm³/mol. The molecule has 0 saturated heterocycles. The number of nitrogens with zero attached hydrogens (tertiary/aromatic N) is 1. The third kappa shape index (κ3) is 3.89. The molecule has 0 amide bonds. The molecule has 0 aliphatic rings. The van der Waals surface area contributed by atoms with Crippen LogP contribution in [0.5, 0.6) is 0 Å². The van der Waals surface area contributed by atoms with Crippen LogP contribution in [0.4, 0.5) is 18.9 Å². The summed E-state index contributed by atoms with van der Waals surface area (Å²) < 4.78 is 38.1. The Balaban J connectivity index is 2.26. The first-order chi connectivity index (χ1) is 9.90. The average Bonchev–Trinajstić information content (AvgIpc) is 2.46. The van der Waals surface area contributed by atoms with Crippen molar-refractivity contribution < 1.29 is 13.2 Å². The standard InChI is InChI=1S/C15H10ClF3N2/c16-12-4-6-13(7-5-12)21-14(9-20)10-2-1-3-11(8-10)15(17,18)19/h1-8,14,21H. The monoisotopic (exact) mass is 310 g/mol. The molecule has 2 rings (SSSR count). The average molecular weight is 311 g/mol. The van der Waals surface area contributed by atoms with E-state index < -0.39 is 17.8 Å². The molecule has 108 valence electrons. The largest absolute Gasteiger partial charge is 0.416 e. The lowest BCUT2D eigenvalue weighted by Gasteiger charge is -2.15. The van der Waals surface area contributed by atoms with Crippen molar-refractivity contribution in [2.24, 2.45) is 0 Å². The zero-order valence-corrected chi connectivity index (χ0v) is 11.4. The normalized spacial score (nSPS) is 12.5. The Morgan fingerprint density at radius 1 is 1.10 bits per heavy atom. The molecule has 6 heteroatoms. The highest BCUT2D eigenvalue weighted by Crippen LogP contribution is 2.31. The van der Waals surface area contributed by atoms with Crippen molar-refractivity contribution >= 4 is 17.3 Å². The quantitative estimate of drug-likeness (QED) is 0.862. The second-order valence-corrected chi connectivity index (χ2v) is 4.77. The van der Waals surface area contributed by atoms with Gasteiger partial charge >= 0.3 is 6.18 Å². The van der Waals surface area contributed by atoms with Gasteiger partial charge in [0.05, 0.1) is 11.6 Å². The van der Waals surface area contributed by atoms with E-state index in [2.05, 4.69) is 5.32 Å². The summed E-state index contributed by atoms with van der Waals surface area (Å²) in [4.78, 5) is 0. The molecule has 0 spiro atoms. The zero-order chi connectivity index (χ0) is 15.5. The van der Waals surface area contributed by atoms with Gasteiger partial charge in [-0.05, 0) is 42.0 Å². The van der Waals surface area contributed by atoms with Crippen molar-refractivity contribution in [3.05, 3.63) is 64.7 Å². The maximum absolute atomic E-state index is 12.7. The summed E-state index contributed by atoms with van der Waals surface area (Å²) >= 11 is 5.75. The van der Waals surface area contributed by atoms with Crippen LogP contribution in [0.3, 0.4) is 0 Å². The number of rotatable bonds is 3. The fourth-order valence-corrected chi connectivity index (χ4v) is 1.92. The number of hydrogen-bond donors (Lipinski definition) is 1. The van der Waals surface area contributed by atoms with Crippen LogP contribution in [0.25, 0.3) is 0 Å². The van der Waals surface area contributed by atoms with E-state index in [1.807, 2.05) is 6.07 Å². The summed E-state index contributed by atoms with van der Waals surface area (Å²) in [7, 11) is 0. The lowest BCUT2D eigenvalue weighted by molar-refractivity contribution is -0.137. The number of alkyl halides is 3. The molecule has 0 radical (unpaired) electrons. The van der Waals surface area contributed by atoms with Crippen LogP contribution < -0.4 is 5.32 Å². The van der Waals surface area contributed by atoms with Gasteiger partial charge in [-0.3, -0.25) is 0 Å². The molecule has 0 aromatic heterocycles. The number of halogens is 4. The highest BCUT2D eigenvalue weighted by Gasteiger charge is 2.31. The summed E-state index contributed by atoms with van der Waals surface area (Å²) in [6.45, 7) is 0. The Bertz CT molecular complexity index is 660. The van der Waals surface area contributed by atoms with Crippen LogP contribution in [0.1, 0.15) is 17.2 Å². The van der Waals surface area contributed by atoms with Gasteiger partial charge in [0.15, 0.2) is 0 Å². The third-order valence-electron chi connectivity index (χ3n) is 2.83. The Hall–Kier alpha value is -2.19. The fraction of sp³-hybridized carbons (Fsp3) is 0.133.